The van der Waals surface area contributed by atoms with Crippen molar-refractivity contribution in [3.8, 4) is 0 Å². The van der Waals surface area contributed by atoms with E-state index in [9.17, 15) is 4.79 Å². The first-order chi connectivity index (χ1) is 10.3. The molecule has 0 bridgehead atoms. The molecule has 1 aliphatic heterocycles. The van der Waals surface area contributed by atoms with Gasteiger partial charge in [0, 0.05) is 16.8 Å². The van der Waals surface area contributed by atoms with Gasteiger partial charge in [-0.15, -0.1) is 11.3 Å². The number of hydrogen-bond acceptors (Lipinski definition) is 3. The number of carbonyl (C=O) groups is 1. The zero-order chi connectivity index (χ0) is 14.2. The lowest BCUT2D eigenvalue weighted by Crippen LogP contribution is -2.29. The van der Waals surface area contributed by atoms with Gasteiger partial charge in [-0.05, 0) is 36.4 Å². The fourth-order valence-corrected chi connectivity index (χ4v) is 3.89. The summed E-state index contributed by atoms with van der Waals surface area (Å²) in [4.78, 5) is 16.0. The summed E-state index contributed by atoms with van der Waals surface area (Å²) >= 11 is 1.72. The highest BCUT2D eigenvalue weighted by Gasteiger charge is 2.32. The van der Waals surface area contributed by atoms with Gasteiger partial charge in [0.1, 0.15) is 5.58 Å². The number of benzene rings is 1. The predicted molar refractivity (Wildman–Crippen MR) is 83.5 cm³/mol. The molecule has 0 radical (unpaired) electrons. The van der Waals surface area contributed by atoms with E-state index in [0.29, 0.717) is 5.76 Å². The lowest BCUT2D eigenvalue weighted by molar-refractivity contribution is 0.0708. The molecular formula is C17H15NO2S. The Labute approximate surface area is 126 Å². The van der Waals surface area contributed by atoms with E-state index in [1.54, 1.807) is 11.3 Å². The number of amides is 1. The molecule has 3 heterocycles. The maximum atomic E-state index is 12.8. The minimum absolute atomic E-state index is 0.00194. The Morgan fingerprint density at radius 3 is 2.95 bits per heavy atom. The molecule has 1 aromatic carbocycles. The third kappa shape index (κ3) is 2.16. The number of hydrogen-bond donors (Lipinski definition) is 0. The van der Waals surface area contributed by atoms with Crippen molar-refractivity contribution in [1.82, 2.24) is 4.90 Å². The summed E-state index contributed by atoms with van der Waals surface area (Å²) in [6.45, 7) is 0.804. The van der Waals surface area contributed by atoms with Gasteiger partial charge in [-0.2, -0.15) is 0 Å². The van der Waals surface area contributed by atoms with Gasteiger partial charge in [0.15, 0.2) is 5.76 Å². The minimum atomic E-state index is 0.00194. The van der Waals surface area contributed by atoms with Crippen LogP contribution in [0.15, 0.2) is 52.3 Å². The number of para-hydroxylation sites is 1. The van der Waals surface area contributed by atoms with Gasteiger partial charge in [0.05, 0.1) is 6.04 Å². The first-order valence-electron chi connectivity index (χ1n) is 7.16. The average molecular weight is 297 g/mol. The molecule has 4 heteroatoms. The maximum Gasteiger partial charge on any atom is 0.290 e. The van der Waals surface area contributed by atoms with Crippen LogP contribution in [0.4, 0.5) is 0 Å². The van der Waals surface area contributed by atoms with Crippen molar-refractivity contribution < 1.29 is 9.21 Å². The van der Waals surface area contributed by atoms with Gasteiger partial charge in [-0.1, -0.05) is 24.3 Å². The van der Waals surface area contributed by atoms with Crippen molar-refractivity contribution in [2.75, 3.05) is 6.54 Å². The fourth-order valence-electron chi connectivity index (χ4n) is 3.02. The second-order valence-electron chi connectivity index (χ2n) is 5.32. The molecule has 0 aliphatic carbocycles. The van der Waals surface area contributed by atoms with Crippen molar-refractivity contribution in [3.05, 3.63) is 58.5 Å². The highest BCUT2D eigenvalue weighted by atomic mass is 32.1. The molecule has 2 aromatic heterocycles. The van der Waals surface area contributed by atoms with Crippen LogP contribution in [0.25, 0.3) is 11.0 Å². The Balaban J connectivity index is 1.67. The van der Waals surface area contributed by atoms with Gasteiger partial charge in [-0.25, -0.2) is 0 Å². The van der Waals surface area contributed by atoms with Crippen LogP contribution in [0.5, 0.6) is 0 Å². The summed E-state index contributed by atoms with van der Waals surface area (Å²) in [6, 6.07) is 13.9. The first kappa shape index (κ1) is 12.7. The second-order valence-corrected chi connectivity index (χ2v) is 6.30. The van der Waals surface area contributed by atoms with Gasteiger partial charge in [0.2, 0.25) is 0 Å². The number of thiophene rings is 1. The zero-order valence-electron chi connectivity index (χ0n) is 11.5. The fraction of sp³-hybridized carbons (Fsp3) is 0.235. The molecule has 1 unspecified atom stereocenters. The molecule has 0 saturated carbocycles. The van der Waals surface area contributed by atoms with Gasteiger partial charge in [0.25, 0.3) is 5.91 Å². The van der Waals surface area contributed by atoms with Crippen molar-refractivity contribution in [2.24, 2.45) is 0 Å². The molecule has 4 rings (SSSR count). The standard InChI is InChI=1S/C17H15NO2S/c19-17(15-11-12-5-1-2-7-14(12)20-15)18-9-3-6-13(18)16-8-4-10-21-16/h1-2,4-5,7-8,10-11,13H,3,6,9H2. The topological polar surface area (TPSA) is 33.5 Å². The highest BCUT2D eigenvalue weighted by molar-refractivity contribution is 7.10. The molecule has 21 heavy (non-hydrogen) atoms. The van der Waals surface area contributed by atoms with E-state index in [2.05, 4.69) is 11.4 Å². The number of fused-ring (bicyclic) bond motifs is 1. The second kappa shape index (κ2) is 5.04. The molecule has 0 N–H and O–H groups in total. The van der Waals surface area contributed by atoms with Crippen LogP contribution in [-0.2, 0) is 0 Å². The molecule has 3 nitrogen and oxygen atoms in total. The van der Waals surface area contributed by atoms with Crippen LogP contribution < -0.4 is 0 Å². The quantitative estimate of drug-likeness (QED) is 0.699. The molecule has 1 fully saturated rings. The molecule has 1 saturated heterocycles. The Hall–Kier alpha value is -2.07. The highest BCUT2D eigenvalue weighted by Crippen LogP contribution is 2.36. The molecule has 106 valence electrons. The van der Waals surface area contributed by atoms with Gasteiger partial charge in [-0.3, -0.25) is 4.79 Å². The number of nitrogens with zero attached hydrogens (tertiary/aromatic N) is 1. The summed E-state index contributed by atoms with van der Waals surface area (Å²) in [5.74, 6) is 0.446. The summed E-state index contributed by atoms with van der Waals surface area (Å²) < 4.78 is 5.72. The molecule has 0 spiro atoms. The predicted octanol–water partition coefficient (Wildman–Crippen LogP) is 4.47. The molecule has 1 aliphatic rings. The van der Waals surface area contributed by atoms with E-state index >= 15 is 0 Å². The van der Waals surface area contributed by atoms with E-state index in [1.165, 1.54) is 4.88 Å². The van der Waals surface area contributed by atoms with Gasteiger partial charge >= 0.3 is 0 Å². The van der Waals surface area contributed by atoms with Crippen molar-refractivity contribution in [2.45, 2.75) is 18.9 Å². The largest absolute Gasteiger partial charge is 0.451 e. The number of likely N-dealkylation sites (tertiary alicyclic amines) is 1. The lowest BCUT2D eigenvalue weighted by atomic mass is 10.2. The van der Waals surface area contributed by atoms with Crippen molar-refractivity contribution >= 4 is 28.2 Å². The number of rotatable bonds is 2. The molecule has 1 atom stereocenters. The Kier molecular flexibility index (Phi) is 3.04. The molecule has 1 amide bonds. The smallest absolute Gasteiger partial charge is 0.290 e. The minimum Gasteiger partial charge on any atom is -0.451 e. The van der Waals surface area contributed by atoms with Gasteiger partial charge < -0.3 is 9.32 Å². The van der Waals surface area contributed by atoms with E-state index in [-0.39, 0.29) is 11.9 Å². The molecule has 3 aromatic rings. The maximum absolute atomic E-state index is 12.8. The summed E-state index contributed by atoms with van der Waals surface area (Å²) in [6.07, 6.45) is 2.08. The van der Waals surface area contributed by atoms with E-state index in [4.69, 9.17) is 4.42 Å². The summed E-state index contributed by atoms with van der Waals surface area (Å²) in [5, 5.41) is 3.05. The monoisotopic (exact) mass is 297 g/mol. The van der Waals surface area contributed by atoms with Crippen LogP contribution in [0.3, 0.4) is 0 Å². The van der Waals surface area contributed by atoms with Crippen LogP contribution in [0, 0.1) is 0 Å². The van der Waals surface area contributed by atoms with Crippen molar-refractivity contribution in [3.63, 3.8) is 0 Å². The van der Waals surface area contributed by atoms with Crippen LogP contribution >= 0.6 is 11.3 Å². The third-order valence-electron chi connectivity index (χ3n) is 4.02. The Morgan fingerprint density at radius 1 is 1.24 bits per heavy atom. The van der Waals surface area contributed by atoms with Crippen LogP contribution in [0.1, 0.15) is 34.3 Å². The van der Waals surface area contributed by atoms with Crippen LogP contribution in [-0.4, -0.2) is 17.4 Å². The summed E-state index contributed by atoms with van der Waals surface area (Å²) in [7, 11) is 0. The normalized spacial score (nSPS) is 18.5. The van der Waals surface area contributed by atoms with E-state index in [1.807, 2.05) is 41.3 Å². The first-order valence-corrected chi connectivity index (χ1v) is 8.04. The third-order valence-corrected chi connectivity index (χ3v) is 5.00. The summed E-state index contributed by atoms with van der Waals surface area (Å²) in [5.41, 5.74) is 0.771. The lowest BCUT2D eigenvalue weighted by Gasteiger charge is -2.22. The zero-order valence-corrected chi connectivity index (χ0v) is 12.3. The van der Waals surface area contributed by atoms with Crippen molar-refractivity contribution in [1.29, 1.82) is 0 Å². The SMILES string of the molecule is O=C(c1cc2ccccc2o1)N1CCCC1c1cccs1. The molecular weight excluding hydrogens is 282 g/mol. The number of carbonyl (C=O) groups excluding carboxylic acids is 1. The van der Waals surface area contributed by atoms with E-state index < -0.39 is 0 Å². The number of furan rings is 1. The Bertz CT molecular complexity index is 742. The van der Waals surface area contributed by atoms with Crippen LogP contribution in [0.2, 0.25) is 0 Å². The van der Waals surface area contributed by atoms with E-state index in [0.717, 1.165) is 30.4 Å². The Morgan fingerprint density at radius 2 is 2.14 bits per heavy atom. The average Bonchev–Trinajstić information content (AvgIpc) is 3.23.